The molecule has 3 heteroatoms. The molecule has 1 heterocycles. The molecule has 2 nitrogen and oxygen atoms in total. The molecule has 0 radical (unpaired) electrons. The summed E-state index contributed by atoms with van der Waals surface area (Å²) in [4.78, 5) is 14.0. The minimum absolute atomic E-state index is 0.383. The Hall–Kier alpha value is -0.0500. The first kappa shape index (κ1) is 13.0. The van der Waals surface area contributed by atoms with Crippen molar-refractivity contribution in [1.29, 1.82) is 0 Å². The van der Waals surface area contributed by atoms with Gasteiger partial charge in [-0.1, -0.05) is 29.3 Å². The maximum Gasteiger partial charge on any atom is 0.222 e. The van der Waals surface area contributed by atoms with Crippen LogP contribution in [0.5, 0.6) is 0 Å². The van der Waals surface area contributed by atoms with Gasteiger partial charge in [0.2, 0.25) is 5.91 Å². The van der Waals surface area contributed by atoms with Crippen LogP contribution in [0.25, 0.3) is 0 Å². The number of alkyl halides is 1. The van der Waals surface area contributed by atoms with Crippen LogP contribution in [0.15, 0.2) is 0 Å². The van der Waals surface area contributed by atoms with E-state index in [9.17, 15) is 4.79 Å². The third-order valence-electron chi connectivity index (χ3n) is 3.11. The standard InChI is InChI=1S/C12H22BrNO/c1-2-3-8-12(15)14-10-5-7-11(14)6-4-9-13/h11H,2-10H2,1H3. The zero-order chi connectivity index (χ0) is 11.1. The van der Waals surface area contributed by atoms with Crippen LogP contribution in [0.4, 0.5) is 0 Å². The average molecular weight is 276 g/mol. The van der Waals surface area contributed by atoms with Crippen LogP contribution in [-0.4, -0.2) is 28.7 Å². The molecular formula is C12H22BrNO. The summed E-state index contributed by atoms with van der Waals surface area (Å²) < 4.78 is 0. The van der Waals surface area contributed by atoms with Crippen molar-refractivity contribution in [2.75, 3.05) is 11.9 Å². The molecule has 1 amide bonds. The molecule has 1 unspecified atom stereocenters. The maximum absolute atomic E-state index is 11.9. The minimum Gasteiger partial charge on any atom is -0.340 e. The van der Waals surface area contributed by atoms with Gasteiger partial charge in [0.1, 0.15) is 0 Å². The minimum atomic E-state index is 0.383. The first-order valence-corrected chi connectivity index (χ1v) is 7.27. The zero-order valence-corrected chi connectivity index (χ0v) is 11.3. The molecular weight excluding hydrogens is 254 g/mol. The van der Waals surface area contributed by atoms with Crippen LogP contribution in [0, 0.1) is 0 Å². The van der Waals surface area contributed by atoms with Crippen LogP contribution >= 0.6 is 15.9 Å². The normalized spacial score (nSPS) is 20.9. The van der Waals surface area contributed by atoms with Gasteiger partial charge in [0.05, 0.1) is 0 Å². The van der Waals surface area contributed by atoms with E-state index in [0.29, 0.717) is 11.9 Å². The summed E-state index contributed by atoms with van der Waals surface area (Å²) in [5, 5.41) is 1.06. The number of amides is 1. The molecule has 15 heavy (non-hydrogen) atoms. The topological polar surface area (TPSA) is 20.3 Å². The molecule has 1 atom stereocenters. The second kappa shape index (κ2) is 7.26. The highest BCUT2D eigenvalue weighted by molar-refractivity contribution is 9.09. The van der Waals surface area contributed by atoms with Crippen molar-refractivity contribution in [3.8, 4) is 0 Å². The lowest BCUT2D eigenvalue weighted by Crippen LogP contribution is -2.35. The monoisotopic (exact) mass is 275 g/mol. The molecule has 0 aromatic heterocycles. The maximum atomic E-state index is 11.9. The van der Waals surface area contributed by atoms with Crippen LogP contribution in [0.2, 0.25) is 0 Å². The molecule has 0 aliphatic carbocycles. The Morgan fingerprint density at radius 1 is 1.47 bits per heavy atom. The number of carbonyl (C=O) groups is 1. The quantitative estimate of drug-likeness (QED) is 0.681. The highest BCUT2D eigenvalue weighted by Gasteiger charge is 2.27. The van der Waals surface area contributed by atoms with Gasteiger partial charge in [-0.15, -0.1) is 0 Å². The largest absolute Gasteiger partial charge is 0.340 e. The van der Waals surface area contributed by atoms with Crippen molar-refractivity contribution >= 4 is 21.8 Å². The van der Waals surface area contributed by atoms with E-state index < -0.39 is 0 Å². The van der Waals surface area contributed by atoms with Gasteiger partial charge < -0.3 is 4.90 Å². The number of nitrogens with zero attached hydrogens (tertiary/aromatic N) is 1. The van der Waals surface area contributed by atoms with E-state index in [1.807, 2.05) is 0 Å². The molecule has 0 aromatic rings. The summed E-state index contributed by atoms with van der Waals surface area (Å²) in [6.45, 7) is 3.13. The van der Waals surface area contributed by atoms with Crippen molar-refractivity contribution < 1.29 is 4.79 Å². The molecule has 0 N–H and O–H groups in total. The van der Waals surface area contributed by atoms with E-state index in [0.717, 1.165) is 31.1 Å². The van der Waals surface area contributed by atoms with Crippen LogP contribution in [-0.2, 0) is 4.79 Å². The third-order valence-corrected chi connectivity index (χ3v) is 3.67. The number of hydrogen-bond donors (Lipinski definition) is 0. The van der Waals surface area contributed by atoms with Gasteiger partial charge in [0, 0.05) is 24.3 Å². The van der Waals surface area contributed by atoms with Gasteiger partial charge in [-0.25, -0.2) is 0 Å². The van der Waals surface area contributed by atoms with E-state index in [1.54, 1.807) is 0 Å². The molecule has 1 saturated heterocycles. The van der Waals surface area contributed by atoms with E-state index in [2.05, 4.69) is 27.8 Å². The van der Waals surface area contributed by atoms with Gasteiger partial charge in [-0.3, -0.25) is 4.79 Å². The number of rotatable bonds is 6. The molecule has 1 aliphatic heterocycles. The molecule has 1 rings (SSSR count). The second-order valence-electron chi connectivity index (χ2n) is 4.32. The van der Waals surface area contributed by atoms with E-state index in [-0.39, 0.29) is 0 Å². The van der Waals surface area contributed by atoms with Crippen molar-refractivity contribution in [2.24, 2.45) is 0 Å². The van der Waals surface area contributed by atoms with Gasteiger partial charge in [0.15, 0.2) is 0 Å². The van der Waals surface area contributed by atoms with Crippen LogP contribution < -0.4 is 0 Å². The van der Waals surface area contributed by atoms with Gasteiger partial charge in [0.25, 0.3) is 0 Å². The molecule has 1 aliphatic rings. The summed E-state index contributed by atoms with van der Waals surface area (Å²) in [6, 6.07) is 0.534. The Kier molecular flexibility index (Phi) is 6.30. The Bertz CT molecular complexity index is 196. The summed E-state index contributed by atoms with van der Waals surface area (Å²) >= 11 is 3.45. The van der Waals surface area contributed by atoms with Crippen molar-refractivity contribution in [1.82, 2.24) is 4.90 Å². The molecule has 0 spiro atoms. The Morgan fingerprint density at radius 3 is 2.93 bits per heavy atom. The van der Waals surface area contributed by atoms with Crippen molar-refractivity contribution in [3.05, 3.63) is 0 Å². The van der Waals surface area contributed by atoms with Crippen LogP contribution in [0.1, 0.15) is 51.9 Å². The number of hydrogen-bond acceptors (Lipinski definition) is 1. The van der Waals surface area contributed by atoms with Crippen molar-refractivity contribution in [3.63, 3.8) is 0 Å². The average Bonchev–Trinajstić information content (AvgIpc) is 2.71. The van der Waals surface area contributed by atoms with E-state index in [4.69, 9.17) is 0 Å². The SMILES string of the molecule is CCCCC(=O)N1CCCC1CCCBr. The van der Waals surface area contributed by atoms with Gasteiger partial charge in [-0.2, -0.15) is 0 Å². The van der Waals surface area contributed by atoms with E-state index in [1.165, 1.54) is 25.7 Å². The van der Waals surface area contributed by atoms with Gasteiger partial charge >= 0.3 is 0 Å². The Balaban J connectivity index is 2.34. The first-order chi connectivity index (χ1) is 7.29. The smallest absolute Gasteiger partial charge is 0.222 e. The second-order valence-corrected chi connectivity index (χ2v) is 5.11. The first-order valence-electron chi connectivity index (χ1n) is 6.15. The fourth-order valence-corrected chi connectivity index (χ4v) is 2.57. The van der Waals surface area contributed by atoms with E-state index >= 15 is 0 Å². The lowest BCUT2D eigenvalue weighted by Gasteiger charge is -2.24. The highest BCUT2D eigenvalue weighted by Crippen LogP contribution is 2.22. The summed E-state index contributed by atoms with van der Waals surface area (Å²) in [6.07, 6.45) is 7.68. The Morgan fingerprint density at radius 2 is 2.27 bits per heavy atom. The van der Waals surface area contributed by atoms with Gasteiger partial charge in [-0.05, 0) is 32.1 Å². The zero-order valence-electron chi connectivity index (χ0n) is 9.67. The number of halogens is 1. The molecule has 1 fully saturated rings. The highest BCUT2D eigenvalue weighted by atomic mass is 79.9. The molecule has 88 valence electrons. The summed E-state index contributed by atoms with van der Waals surface area (Å²) in [5.41, 5.74) is 0. The lowest BCUT2D eigenvalue weighted by molar-refractivity contribution is -0.132. The third kappa shape index (κ3) is 4.13. The Labute approximate surface area is 102 Å². The number of unbranched alkanes of at least 4 members (excludes halogenated alkanes) is 1. The molecule has 0 aromatic carbocycles. The lowest BCUT2D eigenvalue weighted by atomic mass is 10.1. The molecule has 0 saturated carbocycles. The molecule has 0 bridgehead atoms. The summed E-state index contributed by atoms with van der Waals surface area (Å²) in [7, 11) is 0. The predicted molar refractivity (Wildman–Crippen MR) is 67.3 cm³/mol. The summed E-state index contributed by atoms with van der Waals surface area (Å²) in [5.74, 6) is 0.383. The number of likely N-dealkylation sites (tertiary alicyclic amines) is 1. The van der Waals surface area contributed by atoms with Crippen molar-refractivity contribution in [2.45, 2.75) is 57.9 Å². The predicted octanol–water partition coefficient (Wildman–Crippen LogP) is 3.34. The number of carbonyl (C=O) groups excluding carboxylic acids is 1. The van der Waals surface area contributed by atoms with Crippen LogP contribution in [0.3, 0.4) is 0 Å². The fraction of sp³-hybridized carbons (Fsp3) is 0.917. The fourth-order valence-electron chi connectivity index (χ4n) is 2.25.